The Balaban J connectivity index is 1.72. The van der Waals surface area contributed by atoms with Gasteiger partial charge in [-0.05, 0) is 30.5 Å². The SMILES string of the molecule is COc1ccccc1N1CCN([C@@H](c2cccs2)[C@H](C)NC(=O)C(C)C)CC1. The Kier molecular flexibility index (Phi) is 6.97. The first-order chi connectivity index (χ1) is 13.5. The summed E-state index contributed by atoms with van der Waals surface area (Å²) < 4.78 is 5.54. The number of ether oxygens (including phenoxy) is 1. The third-order valence-corrected chi connectivity index (χ3v) is 6.28. The zero-order valence-corrected chi connectivity index (χ0v) is 18.0. The molecule has 1 aliphatic heterocycles. The smallest absolute Gasteiger partial charge is 0.222 e. The predicted octanol–water partition coefficient (Wildman–Crippen LogP) is 3.78. The van der Waals surface area contributed by atoms with E-state index in [0.717, 1.165) is 37.6 Å². The molecule has 3 rings (SSSR count). The van der Waals surface area contributed by atoms with Crippen LogP contribution in [0.25, 0.3) is 0 Å². The lowest BCUT2D eigenvalue weighted by Gasteiger charge is -2.42. The van der Waals surface area contributed by atoms with Gasteiger partial charge in [0.25, 0.3) is 0 Å². The van der Waals surface area contributed by atoms with Crippen LogP contribution in [-0.2, 0) is 4.79 Å². The highest BCUT2D eigenvalue weighted by atomic mass is 32.1. The summed E-state index contributed by atoms with van der Waals surface area (Å²) in [7, 11) is 1.72. The van der Waals surface area contributed by atoms with E-state index in [1.165, 1.54) is 4.88 Å². The summed E-state index contributed by atoms with van der Waals surface area (Å²) in [5.74, 6) is 1.03. The number of hydrogen-bond donors (Lipinski definition) is 1. The molecule has 1 aromatic heterocycles. The number of carbonyl (C=O) groups is 1. The van der Waals surface area contributed by atoms with E-state index in [0.29, 0.717) is 0 Å². The fourth-order valence-corrected chi connectivity index (χ4v) is 4.77. The standard InChI is InChI=1S/C22H31N3O2S/c1-16(2)22(26)23-17(3)21(20-10-7-15-28-20)25-13-11-24(12-14-25)18-8-5-6-9-19(18)27-4/h5-10,15-17,21H,11-14H2,1-4H3,(H,23,26)/t17-,21+/m0/s1. The fourth-order valence-electron chi connectivity index (χ4n) is 3.80. The number of nitrogens with one attached hydrogen (secondary N) is 1. The quantitative estimate of drug-likeness (QED) is 0.767. The largest absolute Gasteiger partial charge is 0.495 e. The van der Waals surface area contributed by atoms with E-state index < -0.39 is 0 Å². The van der Waals surface area contributed by atoms with Gasteiger partial charge in [-0.2, -0.15) is 0 Å². The van der Waals surface area contributed by atoms with E-state index in [1.54, 1.807) is 18.4 Å². The summed E-state index contributed by atoms with van der Waals surface area (Å²) >= 11 is 1.77. The third kappa shape index (κ3) is 4.67. The zero-order chi connectivity index (χ0) is 20.1. The van der Waals surface area contributed by atoms with Crippen molar-refractivity contribution in [1.82, 2.24) is 10.2 Å². The molecule has 0 saturated carbocycles. The lowest BCUT2D eigenvalue weighted by Crippen LogP contribution is -2.52. The minimum Gasteiger partial charge on any atom is -0.495 e. The van der Waals surface area contributed by atoms with E-state index in [4.69, 9.17) is 4.74 Å². The monoisotopic (exact) mass is 401 g/mol. The van der Waals surface area contributed by atoms with Crippen molar-refractivity contribution in [2.24, 2.45) is 5.92 Å². The Hall–Kier alpha value is -2.05. The molecule has 28 heavy (non-hydrogen) atoms. The highest BCUT2D eigenvalue weighted by Crippen LogP contribution is 2.32. The van der Waals surface area contributed by atoms with Crippen LogP contribution in [0.2, 0.25) is 0 Å². The van der Waals surface area contributed by atoms with Gasteiger partial charge in [0, 0.05) is 43.0 Å². The topological polar surface area (TPSA) is 44.8 Å². The maximum atomic E-state index is 12.3. The summed E-state index contributed by atoms with van der Waals surface area (Å²) in [6.07, 6.45) is 0. The van der Waals surface area contributed by atoms with Crippen LogP contribution in [0.1, 0.15) is 31.7 Å². The normalized spacial score (nSPS) is 17.4. The number of hydrogen-bond acceptors (Lipinski definition) is 5. The highest BCUT2D eigenvalue weighted by molar-refractivity contribution is 7.10. The molecule has 1 aromatic carbocycles. The van der Waals surface area contributed by atoms with Crippen LogP contribution in [0, 0.1) is 5.92 Å². The van der Waals surface area contributed by atoms with Crippen molar-refractivity contribution >= 4 is 22.9 Å². The number of carbonyl (C=O) groups excluding carboxylic acids is 1. The minimum atomic E-state index is -0.00571. The second-order valence-corrected chi connectivity index (χ2v) is 8.59. The molecule has 0 radical (unpaired) electrons. The second-order valence-electron chi connectivity index (χ2n) is 7.61. The third-order valence-electron chi connectivity index (χ3n) is 5.34. The summed E-state index contributed by atoms with van der Waals surface area (Å²) in [6.45, 7) is 9.77. The molecular formula is C22H31N3O2S. The highest BCUT2D eigenvalue weighted by Gasteiger charge is 2.31. The maximum absolute atomic E-state index is 12.3. The second kappa shape index (κ2) is 9.43. The number of amides is 1. The van der Waals surface area contributed by atoms with E-state index >= 15 is 0 Å². The predicted molar refractivity (Wildman–Crippen MR) is 116 cm³/mol. The van der Waals surface area contributed by atoms with Crippen LogP contribution in [0.5, 0.6) is 5.75 Å². The van der Waals surface area contributed by atoms with Gasteiger partial charge in [-0.15, -0.1) is 11.3 Å². The van der Waals surface area contributed by atoms with Gasteiger partial charge in [0.05, 0.1) is 18.8 Å². The molecule has 1 aliphatic rings. The molecule has 2 atom stereocenters. The molecule has 152 valence electrons. The number of nitrogens with zero attached hydrogens (tertiary/aromatic N) is 2. The van der Waals surface area contributed by atoms with Crippen molar-refractivity contribution < 1.29 is 9.53 Å². The fraction of sp³-hybridized carbons (Fsp3) is 0.500. The van der Waals surface area contributed by atoms with E-state index in [2.05, 4.69) is 51.7 Å². The Morgan fingerprint density at radius 1 is 1.07 bits per heavy atom. The number of rotatable bonds is 7. The van der Waals surface area contributed by atoms with Gasteiger partial charge in [-0.3, -0.25) is 9.69 Å². The van der Waals surface area contributed by atoms with E-state index in [9.17, 15) is 4.79 Å². The van der Waals surface area contributed by atoms with Gasteiger partial charge >= 0.3 is 0 Å². The molecule has 0 bridgehead atoms. The first kappa shape index (κ1) is 20.7. The van der Waals surface area contributed by atoms with Crippen LogP contribution in [0.15, 0.2) is 41.8 Å². The molecule has 0 spiro atoms. The molecular weight excluding hydrogens is 370 g/mol. The van der Waals surface area contributed by atoms with Gasteiger partial charge in [0.2, 0.25) is 5.91 Å². The first-order valence-electron chi connectivity index (χ1n) is 9.97. The van der Waals surface area contributed by atoms with Gasteiger partial charge in [0.1, 0.15) is 5.75 Å². The van der Waals surface area contributed by atoms with Crippen molar-refractivity contribution in [3.8, 4) is 5.75 Å². The molecule has 1 saturated heterocycles. The molecule has 5 nitrogen and oxygen atoms in total. The zero-order valence-electron chi connectivity index (χ0n) is 17.2. The molecule has 6 heteroatoms. The van der Waals surface area contributed by atoms with Crippen molar-refractivity contribution in [2.45, 2.75) is 32.9 Å². The van der Waals surface area contributed by atoms with Crippen molar-refractivity contribution in [1.29, 1.82) is 0 Å². The van der Waals surface area contributed by atoms with Gasteiger partial charge in [-0.25, -0.2) is 0 Å². The van der Waals surface area contributed by atoms with Gasteiger partial charge < -0.3 is 15.0 Å². The van der Waals surface area contributed by atoms with Crippen LogP contribution >= 0.6 is 11.3 Å². The van der Waals surface area contributed by atoms with Crippen molar-refractivity contribution in [3.05, 3.63) is 46.7 Å². The Bertz CT molecular complexity index is 755. The molecule has 0 unspecified atom stereocenters. The first-order valence-corrected chi connectivity index (χ1v) is 10.8. The summed E-state index contributed by atoms with van der Waals surface area (Å²) in [4.78, 5) is 18.5. The Labute approximate surface area is 172 Å². The minimum absolute atomic E-state index is 0.00571. The lowest BCUT2D eigenvalue weighted by atomic mass is 10.0. The maximum Gasteiger partial charge on any atom is 0.222 e. The molecule has 1 fully saturated rings. The summed E-state index contributed by atoms with van der Waals surface area (Å²) in [5.41, 5.74) is 1.15. The number of thiophene rings is 1. The van der Waals surface area contributed by atoms with Crippen LogP contribution in [-0.4, -0.2) is 50.1 Å². The summed E-state index contributed by atoms with van der Waals surface area (Å²) in [6, 6.07) is 12.7. The molecule has 0 aliphatic carbocycles. The lowest BCUT2D eigenvalue weighted by molar-refractivity contribution is -0.125. The number of piperazine rings is 1. The molecule has 2 heterocycles. The number of para-hydroxylation sites is 2. The Morgan fingerprint density at radius 2 is 1.79 bits per heavy atom. The number of methoxy groups -OCH3 is 1. The number of anilines is 1. The van der Waals surface area contributed by atoms with Gasteiger partial charge in [-0.1, -0.05) is 32.0 Å². The Morgan fingerprint density at radius 3 is 2.39 bits per heavy atom. The molecule has 2 aromatic rings. The number of benzene rings is 1. The van der Waals surface area contributed by atoms with Crippen molar-refractivity contribution in [3.63, 3.8) is 0 Å². The van der Waals surface area contributed by atoms with Crippen LogP contribution < -0.4 is 15.0 Å². The van der Waals surface area contributed by atoms with Gasteiger partial charge in [0.15, 0.2) is 0 Å². The van der Waals surface area contributed by atoms with Crippen LogP contribution in [0.3, 0.4) is 0 Å². The summed E-state index contributed by atoms with van der Waals surface area (Å²) in [5, 5.41) is 5.33. The van der Waals surface area contributed by atoms with E-state index in [1.807, 2.05) is 26.0 Å². The van der Waals surface area contributed by atoms with Crippen LogP contribution in [0.4, 0.5) is 5.69 Å². The molecule has 1 N–H and O–H groups in total. The van der Waals surface area contributed by atoms with Crippen molar-refractivity contribution in [2.75, 3.05) is 38.2 Å². The molecule has 1 amide bonds. The van der Waals surface area contributed by atoms with E-state index in [-0.39, 0.29) is 23.9 Å². The average molecular weight is 402 g/mol. The average Bonchev–Trinajstić information content (AvgIpc) is 3.22.